The highest BCUT2D eigenvalue weighted by atomic mass is 19.1. The Balaban J connectivity index is 1.47. The zero-order valence-electron chi connectivity index (χ0n) is 18.3. The van der Waals surface area contributed by atoms with Crippen molar-refractivity contribution in [2.24, 2.45) is 5.73 Å². The van der Waals surface area contributed by atoms with Crippen molar-refractivity contribution in [3.63, 3.8) is 0 Å². The predicted molar refractivity (Wildman–Crippen MR) is 122 cm³/mol. The standard InChI is InChI=1S/C26H26FN3O3/c27-20-9-3-2-8-19(20)26(11-5-6-12-26)25(32)30-13-14-33-23(16-30)22-15-18(24(28)31)17-7-1-4-10-21(17)29-22/h1-4,7-10,15,23H,5-6,11-14,16H2,(H2,28,31). The second-order valence-corrected chi connectivity index (χ2v) is 8.86. The third-order valence-corrected chi connectivity index (χ3v) is 6.94. The molecule has 2 aliphatic rings. The van der Waals surface area contributed by atoms with Gasteiger partial charge in [0.15, 0.2) is 0 Å². The molecular formula is C26H26FN3O3. The van der Waals surface area contributed by atoms with Gasteiger partial charge >= 0.3 is 0 Å². The number of morpholine rings is 1. The van der Waals surface area contributed by atoms with Crippen LogP contribution in [0.5, 0.6) is 0 Å². The molecule has 2 heterocycles. The van der Waals surface area contributed by atoms with Gasteiger partial charge in [-0.1, -0.05) is 49.2 Å². The monoisotopic (exact) mass is 447 g/mol. The summed E-state index contributed by atoms with van der Waals surface area (Å²) in [4.78, 5) is 32.4. The number of rotatable bonds is 4. The minimum Gasteiger partial charge on any atom is -0.368 e. The van der Waals surface area contributed by atoms with Crippen molar-refractivity contribution in [3.8, 4) is 0 Å². The van der Waals surface area contributed by atoms with E-state index in [0.29, 0.717) is 60.3 Å². The first kappa shape index (κ1) is 21.5. The van der Waals surface area contributed by atoms with Crippen LogP contribution in [0.1, 0.15) is 53.4 Å². The lowest BCUT2D eigenvalue weighted by Crippen LogP contribution is -2.51. The van der Waals surface area contributed by atoms with Gasteiger partial charge in [0.1, 0.15) is 11.9 Å². The Labute approximate surface area is 191 Å². The number of amides is 2. The molecule has 1 atom stereocenters. The largest absolute Gasteiger partial charge is 0.368 e. The highest BCUT2D eigenvalue weighted by molar-refractivity contribution is 6.05. The molecule has 2 aromatic carbocycles. The van der Waals surface area contributed by atoms with Gasteiger partial charge in [-0.05, 0) is 31.0 Å². The van der Waals surface area contributed by atoms with E-state index in [0.717, 1.165) is 12.8 Å². The average molecular weight is 448 g/mol. The Bertz CT molecular complexity index is 1220. The lowest BCUT2D eigenvalue weighted by atomic mass is 9.77. The van der Waals surface area contributed by atoms with Gasteiger partial charge in [0.05, 0.1) is 35.3 Å². The van der Waals surface area contributed by atoms with Gasteiger partial charge in [0.2, 0.25) is 11.8 Å². The third kappa shape index (κ3) is 3.76. The molecule has 2 N–H and O–H groups in total. The van der Waals surface area contributed by atoms with Gasteiger partial charge in [-0.25, -0.2) is 9.37 Å². The van der Waals surface area contributed by atoms with Gasteiger partial charge in [0, 0.05) is 17.5 Å². The predicted octanol–water partition coefficient (Wildman–Crippen LogP) is 3.88. The number of fused-ring (bicyclic) bond motifs is 1. The Morgan fingerprint density at radius 1 is 1.09 bits per heavy atom. The number of pyridine rings is 1. The molecule has 0 radical (unpaired) electrons. The van der Waals surface area contributed by atoms with Crippen LogP contribution in [0.4, 0.5) is 4.39 Å². The maximum absolute atomic E-state index is 14.8. The van der Waals surface area contributed by atoms with Crippen molar-refractivity contribution in [1.82, 2.24) is 9.88 Å². The fourth-order valence-electron chi connectivity index (χ4n) is 5.31. The van der Waals surface area contributed by atoms with Crippen molar-refractivity contribution in [1.29, 1.82) is 0 Å². The number of carbonyl (C=O) groups is 2. The van der Waals surface area contributed by atoms with Crippen LogP contribution < -0.4 is 5.73 Å². The SMILES string of the molecule is NC(=O)c1cc(C2CN(C(=O)C3(c4ccccc4F)CCCC3)CCO2)nc2ccccc12. The molecule has 33 heavy (non-hydrogen) atoms. The number of carbonyl (C=O) groups excluding carboxylic acids is 2. The highest BCUT2D eigenvalue weighted by Crippen LogP contribution is 2.44. The third-order valence-electron chi connectivity index (χ3n) is 6.94. The number of hydrogen-bond acceptors (Lipinski definition) is 4. The van der Waals surface area contributed by atoms with E-state index in [4.69, 9.17) is 15.5 Å². The van der Waals surface area contributed by atoms with Crippen LogP contribution in [-0.4, -0.2) is 41.4 Å². The number of benzene rings is 2. The van der Waals surface area contributed by atoms with Crippen molar-refractivity contribution >= 4 is 22.7 Å². The van der Waals surface area contributed by atoms with Gasteiger partial charge in [-0.3, -0.25) is 9.59 Å². The van der Waals surface area contributed by atoms with Gasteiger partial charge in [0.25, 0.3) is 0 Å². The van der Waals surface area contributed by atoms with Crippen LogP contribution in [-0.2, 0) is 14.9 Å². The van der Waals surface area contributed by atoms with Crippen LogP contribution in [0.25, 0.3) is 10.9 Å². The molecule has 1 saturated carbocycles. The molecule has 6 nitrogen and oxygen atoms in total. The number of hydrogen-bond donors (Lipinski definition) is 1. The summed E-state index contributed by atoms with van der Waals surface area (Å²) in [6.45, 7) is 1.06. The number of para-hydroxylation sites is 1. The average Bonchev–Trinajstić information content (AvgIpc) is 3.34. The molecule has 1 aliphatic carbocycles. The second kappa shape index (κ2) is 8.56. The summed E-state index contributed by atoms with van der Waals surface area (Å²) < 4.78 is 20.7. The number of ether oxygens (including phenoxy) is 1. The van der Waals surface area contributed by atoms with Gasteiger partial charge < -0.3 is 15.4 Å². The number of primary amides is 1. The normalized spacial score (nSPS) is 20.2. The van der Waals surface area contributed by atoms with E-state index >= 15 is 0 Å². The molecule has 3 aromatic rings. The van der Waals surface area contributed by atoms with Crippen LogP contribution in [0.3, 0.4) is 0 Å². The molecular weight excluding hydrogens is 421 g/mol. The first-order chi connectivity index (χ1) is 16.0. The molecule has 1 saturated heterocycles. The van der Waals surface area contributed by atoms with E-state index < -0.39 is 17.4 Å². The molecule has 0 spiro atoms. The first-order valence-corrected chi connectivity index (χ1v) is 11.3. The van der Waals surface area contributed by atoms with Crippen LogP contribution in [0.15, 0.2) is 54.6 Å². The number of aromatic nitrogens is 1. The maximum atomic E-state index is 14.8. The molecule has 0 bridgehead atoms. The molecule has 170 valence electrons. The van der Waals surface area contributed by atoms with Crippen LogP contribution in [0.2, 0.25) is 0 Å². The zero-order chi connectivity index (χ0) is 23.0. The molecule has 5 rings (SSSR count). The van der Waals surface area contributed by atoms with Crippen molar-refractivity contribution in [2.75, 3.05) is 19.7 Å². The minimum atomic E-state index is -0.845. The summed E-state index contributed by atoms with van der Waals surface area (Å²) in [5, 5.41) is 0.682. The fraction of sp³-hybridized carbons (Fsp3) is 0.346. The summed E-state index contributed by atoms with van der Waals surface area (Å²) in [7, 11) is 0. The smallest absolute Gasteiger partial charge is 0.249 e. The lowest BCUT2D eigenvalue weighted by Gasteiger charge is -2.39. The van der Waals surface area contributed by atoms with Crippen molar-refractivity contribution in [2.45, 2.75) is 37.2 Å². The Hall–Kier alpha value is -3.32. The summed E-state index contributed by atoms with van der Waals surface area (Å²) in [5.41, 5.74) is 6.85. The van der Waals surface area contributed by atoms with Crippen LogP contribution in [0, 0.1) is 5.82 Å². The summed E-state index contributed by atoms with van der Waals surface area (Å²) in [6, 6.07) is 15.6. The maximum Gasteiger partial charge on any atom is 0.249 e. The second-order valence-electron chi connectivity index (χ2n) is 8.86. The molecule has 2 fully saturated rings. The molecule has 7 heteroatoms. The van der Waals surface area contributed by atoms with Crippen molar-refractivity contribution in [3.05, 3.63) is 77.2 Å². The summed E-state index contributed by atoms with van der Waals surface area (Å²) in [6.07, 6.45) is 2.55. The molecule has 1 aromatic heterocycles. The number of nitrogens with zero attached hydrogens (tertiary/aromatic N) is 2. The van der Waals surface area contributed by atoms with E-state index in [9.17, 15) is 14.0 Å². The quantitative estimate of drug-likeness (QED) is 0.658. The molecule has 2 amide bonds. The van der Waals surface area contributed by atoms with Crippen LogP contribution >= 0.6 is 0 Å². The first-order valence-electron chi connectivity index (χ1n) is 11.3. The van der Waals surface area contributed by atoms with E-state index in [2.05, 4.69) is 0 Å². The topological polar surface area (TPSA) is 85.5 Å². The zero-order valence-corrected chi connectivity index (χ0v) is 18.3. The highest BCUT2D eigenvalue weighted by Gasteiger charge is 2.47. The Morgan fingerprint density at radius 2 is 1.82 bits per heavy atom. The van der Waals surface area contributed by atoms with Gasteiger partial charge in [-0.2, -0.15) is 0 Å². The van der Waals surface area contributed by atoms with Crippen molar-refractivity contribution < 1.29 is 18.7 Å². The summed E-state index contributed by atoms with van der Waals surface area (Å²) in [5.74, 6) is -0.933. The van der Waals surface area contributed by atoms with Gasteiger partial charge in [-0.15, -0.1) is 0 Å². The number of nitrogens with two attached hydrogens (primary N) is 1. The summed E-state index contributed by atoms with van der Waals surface area (Å²) >= 11 is 0. The molecule has 1 unspecified atom stereocenters. The van der Waals surface area contributed by atoms with E-state index in [-0.39, 0.29) is 11.7 Å². The minimum absolute atomic E-state index is 0.0608. The molecule has 1 aliphatic heterocycles. The van der Waals surface area contributed by atoms with E-state index in [1.807, 2.05) is 24.3 Å². The number of halogens is 1. The Morgan fingerprint density at radius 3 is 2.58 bits per heavy atom. The Kier molecular flexibility index (Phi) is 5.58. The fourth-order valence-corrected chi connectivity index (χ4v) is 5.31. The van der Waals surface area contributed by atoms with E-state index in [1.54, 1.807) is 29.2 Å². The lowest BCUT2D eigenvalue weighted by molar-refractivity contribution is -0.145. The van der Waals surface area contributed by atoms with E-state index in [1.165, 1.54) is 6.07 Å².